The SMILES string of the molecule is C/C=C(\C)C1C=CC(C/S(C)=N/C)=CCC1N(C)C. The second-order valence-corrected chi connectivity index (χ2v) is 7.25. The Morgan fingerprint density at radius 1 is 1.53 bits per heavy atom. The van der Waals surface area contributed by atoms with Crippen LogP contribution in [0.25, 0.3) is 0 Å². The van der Waals surface area contributed by atoms with Crippen LogP contribution in [0.2, 0.25) is 0 Å². The Morgan fingerprint density at radius 3 is 2.74 bits per heavy atom. The van der Waals surface area contributed by atoms with Crippen LogP contribution < -0.4 is 0 Å². The molecule has 1 aliphatic rings. The fourth-order valence-corrected chi connectivity index (χ4v) is 3.26. The van der Waals surface area contributed by atoms with Crippen molar-refractivity contribution in [1.82, 2.24) is 4.90 Å². The third kappa shape index (κ3) is 4.73. The van der Waals surface area contributed by atoms with Gasteiger partial charge in [-0.05, 0) is 46.2 Å². The van der Waals surface area contributed by atoms with Crippen molar-refractivity contribution in [2.24, 2.45) is 10.3 Å². The fourth-order valence-electron chi connectivity index (χ4n) is 2.43. The molecule has 0 aliphatic heterocycles. The first-order valence-electron chi connectivity index (χ1n) is 6.88. The second kappa shape index (κ2) is 7.81. The zero-order valence-electron chi connectivity index (χ0n) is 13.2. The first-order valence-corrected chi connectivity index (χ1v) is 8.64. The minimum atomic E-state index is 0.149. The zero-order valence-corrected chi connectivity index (χ0v) is 14.0. The Balaban J connectivity index is 2.96. The molecule has 0 aromatic heterocycles. The summed E-state index contributed by atoms with van der Waals surface area (Å²) < 4.78 is 4.37. The average molecular weight is 280 g/mol. The number of allylic oxidation sites excluding steroid dienone is 2. The zero-order chi connectivity index (χ0) is 14.4. The molecule has 1 aliphatic carbocycles. The van der Waals surface area contributed by atoms with Gasteiger partial charge in [0, 0.05) is 24.8 Å². The summed E-state index contributed by atoms with van der Waals surface area (Å²) in [6.07, 6.45) is 12.7. The highest BCUT2D eigenvalue weighted by molar-refractivity contribution is 7.86. The molecule has 0 radical (unpaired) electrons. The second-order valence-electron chi connectivity index (χ2n) is 5.39. The molecule has 0 saturated carbocycles. The number of rotatable bonds is 4. The van der Waals surface area contributed by atoms with E-state index in [1.54, 1.807) is 0 Å². The quantitative estimate of drug-likeness (QED) is 0.720. The summed E-state index contributed by atoms with van der Waals surface area (Å²) in [6, 6.07) is 0.558. The van der Waals surface area contributed by atoms with Gasteiger partial charge in [0.2, 0.25) is 0 Å². The Hall–Kier alpha value is -0.670. The van der Waals surface area contributed by atoms with Gasteiger partial charge in [-0.2, -0.15) is 0 Å². The summed E-state index contributed by atoms with van der Waals surface area (Å²) in [7, 11) is 6.42. The van der Waals surface area contributed by atoms with Crippen LogP contribution in [0, 0.1) is 5.92 Å². The fraction of sp³-hybridized carbons (Fsp3) is 0.625. The highest BCUT2D eigenvalue weighted by Gasteiger charge is 2.23. The third-order valence-electron chi connectivity index (χ3n) is 3.89. The van der Waals surface area contributed by atoms with Crippen LogP contribution in [-0.2, 0) is 10.7 Å². The predicted octanol–water partition coefficient (Wildman–Crippen LogP) is 3.45. The van der Waals surface area contributed by atoms with Gasteiger partial charge >= 0.3 is 0 Å². The van der Waals surface area contributed by atoms with Crippen LogP contribution in [0.15, 0.2) is 39.8 Å². The molecule has 3 atom stereocenters. The maximum Gasteiger partial charge on any atom is 0.0346 e. The van der Waals surface area contributed by atoms with Gasteiger partial charge in [-0.15, -0.1) is 10.7 Å². The molecule has 0 aromatic rings. The molecule has 0 spiro atoms. The minimum absolute atomic E-state index is 0.149. The highest BCUT2D eigenvalue weighted by Crippen LogP contribution is 2.26. The molecule has 108 valence electrons. The molecule has 3 unspecified atom stereocenters. The molecule has 0 saturated heterocycles. The van der Waals surface area contributed by atoms with Crippen molar-refractivity contribution in [3.8, 4) is 0 Å². The van der Waals surface area contributed by atoms with Crippen molar-refractivity contribution in [3.63, 3.8) is 0 Å². The number of hydrogen-bond donors (Lipinski definition) is 0. The van der Waals surface area contributed by atoms with E-state index in [9.17, 15) is 0 Å². The van der Waals surface area contributed by atoms with Gasteiger partial charge in [-0.3, -0.25) is 4.36 Å². The third-order valence-corrected chi connectivity index (χ3v) is 5.26. The monoisotopic (exact) mass is 280 g/mol. The Bertz CT molecular complexity index is 416. The van der Waals surface area contributed by atoms with Crippen LogP contribution in [0.5, 0.6) is 0 Å². The van der Waals surface area contributed by atoms with E-state index in [0.29, 0.717) is 12.0 Å². The van der Waals surface area contributed by atoms with E-state index >= 15 is 0 Å². The molecular weight excluding hydrogens is 252 g/mol. The smallest absolute Gasteiger partial charge is 0.0346 e. The molecule has 0 N–H and O–H groups in total. The number of nitrogens with zero attached hydrogens (tertiary/aromatic N) is 2. The maximum absolute atomic E-state index is 4.37. The summed E-state index contributed by atoms with van der Waals surface area (Å²) in [5, 5.41) is 0. The topological polar surface area (TPSA) is 15.6 Å². The largest absolute Gasteiger partial charge is 0.305 e. The van der Waals surface area contributed by atoms with E-state index in [0.717, 1.165) is 12.2 Å². The van der Waals surface area contributed by atoms with Gasteiger partial charge < -0.3 is 4.90 Å². The lowest BCUT2D eigenvalue weighted by molar-refractivity contribution is 0.257. The van der Waals surface area contributed by atoms with Gasteiger partial charge in [0.15, 0.2) is 0 Å². The van der Waals surface area contributed by atoms with Crippen LogP contribution >= 0.6 is 0 Å². The molecule has 0 amide bonds. The summed E-state index contributed by atoms with van der Waals surface area (Å²) >= 11 is 0. The summed E-state index contributed by atoms with van der Waals surface area (Å²) in [5.74, 6) is 1.60. The minimum Gasteiger partial charge on any atom is -0.305 e. The van der Waals surface area contributed by atoms with Crippen molar-refractivity contribution >= 4 is 10.7 Å². The molecule has 0 heterocycles. The van der Waals surface area contributed by atoms with Crippen molar-refractivity contribution in [1.29, 1.82) is 0 Å². The van der Waals surface area contributed by atoms with E-state index in [4.69, 9.17) is 0 Å². The van der Waals surface area contributed by atoms with Crippen LogP contribution in [0.1, 0.15) is 20.3 Å². The van der Waals surface area contributed by atoms with Crippen LogP contribution in [-0.4, -0.2) is 44.1 Å². The lowest BCUT2D eigenvalue weighted by atomic mass is 9.90. The van der Waals surface area contributed by atoms with Gasteiger partial charge in [0.1, 0.15) is 0 Å². The molecule has 3 heteroatoms. The van der Waals surface area contributed by atoms with Gasteiger partial charge in [-0.1, -0.05) is 29.9 Å². The van der Waals surface area contributed by atoms with Gasteiger partial charge in [0.05, 0.1) is 0 Å². The Labute approximate surface area is 121 Å². The standard InChI is InChI=1S/C16H28N2S/c1-7-13(2)15-10-8-14(12-19(6)17-3)9-11-16(15)18(4)5/h7-10,15-16H,11-12H2,1-6H3/b13-7+. The molecular formula is C16H28N2S. The maximum atomic E-state index is 4.37. The lowest BCUT2D eigenvalue weighted by Gasteiger charge is -2.30. The van der Waals surface area contributed by atoms with Crippen molar-refractivity contribution in [2.45, 2.75) is 26.3 Å². The highest BCUT2D eigenvalue weighted by atomic mass is 32.2. The summed E-state index contributed by atoms with van der Waals surface area (Å²) in [5.41, 5.74) is 2.90. The van der Waals surface area contributed by atoms with E-state index < -0.39 is 0 Å². The summed E-state index contributed by atoms with van der Waals surface area (Å²) in [6.45, 7) is 4.37. The van der Waals surface area contributed by atoms with Gasteiger partial charge in [0.25, 0.3) is 0 Å². The van der Waals surface area contributed by atoms with Crippen molar-refractivity contribution in [2.75, 3.05) is 33.2 Å². The average Bonchev–Trinajstić information content (AvgIpc) is 2.60. The first kappa shape index (κ1) is 16.4. The molecule has 1 rings (SSSR count). The normalized spacial score (nSPS) is 26.5. The Kier molecular flexibility index (Phi) is 6.73. The first-order chi connectivity index (χ1) is 8.99. The number of hydrogen-bond acceptors (Lipinski definition) is 2. The van der Waals surface area contributed by atoms with E-state index in [1.165, 1.54) is 11.1 Å². The van der Waals surface area contributed by atoms with E-state index in [1.807, 2.05) is 7.05 Å². The predicted molar refractivity (Wildman–Crippen MR) is 88.7 cm³/mol. The summed E-state index contributed by atoms with van der Waals surface area (Å²) in [4.78, 5) is 2.34. The van der Waals surface area contributed by atoms with Crippen LogP contribution in [0.4, 0.5) is 0 Å². The lowest BCUT2D eigenvalue weighted by Crippen LogP contribution is -2.34. The Morgan fingerprint density at radius 2 is 2.21 bits per heavy atom. The van der Waals surface area contributed by atoms with E-state index in [2.05, 4.69) is 67.8 Å². The van der Waals surface area contributed by atoms with Crippen molar-refractivity contribution < 1.29 is 0 Å². The van der Waals surface area contributed by atoms with E-state index in [-0.39, 0.29) is 10.7 Å². The molecule has 19 heavy (non-hydrogen) atoms. The molecule has 0 fully saturated rings. The molecule has 0 bridgehead atoms. The molecule has 2 nitrogen and oxygen atoms in total. The van der Waals surface area contributed by atoms with Crippen molar-refractivity contribution in [3.05, 3.63) is 35.5 Å². The molecule has 0 aromatic carbocycles. The van der Waals surface area contributed by atoms with Crippen LogP contribution in [0.3, 0.4) is 0 Å². The van der Waals surface area contributed by atoms with Gasteiger partial charge in [-0.25, -0.2) is 0 Å².